The van der Waals surface area contributed by atoms with E-state index in [0.717, 1.165) is 18.9 Å². The summed E-state index contributed by atoms with van der Waals surface area (Å²) in [6.45, 7) is 3.22. The molecule has 1 N–H and O–H groups in total. The molecule has 1 heterocycles. The van der Waals surface area contributed by atoms with Gasteiger partial charge in [0.1, 0.15) is 0 Å². The van der Waals surface area contributed by atoms with Crippen LogP contribution < -0.4 is 5.32 Å². The lowest BCUT2D eigenvalue weighted by atomic mass is 9.97. The molecule has 0 spiro atoms. The van der Waals surface area contributed by atoms with Gasteiger partial charge in [-0.3, -0.25) is 0 Å². The Bertz CT molecular complexity index is 117. The Kier molecular flexibility index (Phi) is 2.07. The standard InChI is InChI=1S/C7H12N2/c1-6-2-3-7(4-8)9-5-6/h6-7,9H,2-3,5H2,1H3. The molecule has 2 heteroatoms. The van der Waals surface area contributed by atoms with E-state index in [1.54, 1.807) is 0 Å². The summed E-state index contributed by atoms with van der Waals surface area (Å²) in [5.41, 5.74) is 0. The third kappa shape index (κ3) is 1.69. The Hall–Kier alpha value is -0.550. The highest BCUT2D eigenvalue weighted by molar-refractivity contribution is 4.92. The summed E-state index contributed by atoms with van der Waals surface area (Å²) in [4.78, 5) is 0. The van der Waals surface area contributed by atoms with Crippen LogP contribution in [0.3, 0.4) is 0 Å². The maximum atomic E-state index is 8.46. The first kappa shape index (κ1) is 6.57. The third-order valence-electron chi connectivity index (χ3n) is 1.82. The van der Waals surface area contributed by atoms with Gasteiger partial charge in [0, 0.05) is 0 Å². The fourth-order valence-corrected chi connectivity index (χ4v) is 1.11. The molecule has 2 nitrogen and oxygen atoms in total. The van der Waals surface area contributed by atoms with Gasteiger partial charge in [-0.2, -0.15) is 5.26 Å². The van der Waals surface area contributed by atoms with Gasteiger partial charge in [0.15, 0.2) is 0 Å². The largest absolute Gasteiger partial charge is 0.302 e. The minimum atomic E-state index is 0.126. The van der Waals surface area contributed by atoms with Crippen molar-refractivity contribution in [2.45, 2.75) is 25.8 Å². The first-order chi connectivity index (χ1) is 4.33. The van der Waals surface area contributed by atoms with E-state index in [2.05, 4.69) is 18.3 Å². The van der Waals surface area contributed by atoms with Crippen LogP contribution in [0, 0.1) is 17.2 Å². The number of rotatable bonds is 0. The number of nitrogens with zero attached hydrogens (tertiary/aromatic N) is 1. The zero-order valence-corrected chi connectivity index (χ0v) is 5.72. The van der Waals surface area contributed by atoms with Crippen molar-refractivity contribution >= 4 is 0 Å². The van der Waals surface area contributed by atoms with Crippen molar-refractivity contribution in [1.29, 1.82) is 5.26 Å². The average molecular weight is 124 g/mol. The van der Waals surface area contributed by atoms with Gasteiger partial charge < -0.3 is 5.32 Å². The number of nitriles is 1. The van der Waals surface area contributed by atoms with E-state index in [0.29, 0.717) is 0 Å². The summed E-state index contributed by atoms with van der Waals surface area (Å²) in [5.74, 6) is 0.759. The van der Waals surface area contributed by atoms with Crippen molar-refractivity contribution in [3.63, 3.8) is 0 Å². The maximum Gasteiger partial charge on any atom is 0.0953 e. The van der Waals surface area contributed by atoms with Crippen molar-refractivity contribution in [3.05, 3.63) is 0 Å². The van der Waals surface area contributed by atoms with Crippen molar-refractivity contribution in [2.24, 2.45) is 5.92 Å². The van der Waals surface area contributed by atoms with Gasteiger partial charge in [0.05, 0.1) is 12.1 Å². The molecule has 0 bridgehead atoms. The third-order valence-corrected chi connectivity index (χ3v) is 1.82. The normalized spacial score (nSPS) is 35.6. The predicted molar refractivity (Wildman–Crippen MR) is 35.8 cm³/mol. The molecule has 0 saturated carbocycles. The summed E-state index contributed by atoms with van der Waals surface area (Å²) in [7, 11) is 0. The second-order valence-electron chi connectivity index (χ2n) is 2.77. The quantitative estimate of drug-likeness (QED) is 0.520. The molecule has 1 saturated heterocycles. The van der Waals surface area contributed by atoms with Crippen LogP contribution in [0.4, 0.5) is 0 Å². The lowest BCUT2D eigenvalue weighted by Gasteiger charge is -2.22. The van der Waals surface area contributed by atoms with Crippen molar-refractivity contribution < 1.29 is 0 Å². The van der Waals surface area contributed by atoms with Crippen LogP contribution in [-0.2, 0) is 0 Å². The highest BCUT2D eigenvalue weighted by atomic mass is 14.9. The molecule has 9 heavy (non-hydrogen) atoms. The average Bonchev–Trinajstić information content (AvgIpc) is 1.90. The smallest absolute Gasteiger partial charge is 0.0953 e. The predicted octanol–water partition coefficient (Wildman–Crippen LogP) is 0.898. The summed E-state index contributed by atoms with van der Waals surface area (Å²) < 4.78 is 0. The van der Waals surface area contributed by atoms with Crippen molar-refractivity contribution in [3.8, 4) is 6.07 Å². The summed E-state index contributed by atoms with van der Waals surface area (Å²) in [6.07, 6.45) is 2.23. The van der Waals surface area contributed by atoms with Crippen LogP contribution >= 0.6 is 0 Å². The van der Waals surface area contributed by atoms with Gasteiger partial charge >= 0.3 is 0 Å². The Morgan fingerprint density at radius 2 is 2.33 bits per heavy atom. The van der Waals surface area contributed by atoms with E-state index in [1.807, 2.05) is 0 Å². The van der Waals surface area contributed by atoms with E-state index in [4.69, 9.17) is 5.26 Å². The Morgan fingerprint density at radius 3 is 2.78 bits per heavy atom. The molecular weight excluding hydrogens is 112 g/mol. The van der Waals surface area contributed by atoms with Gasteiger partial charge in [-0.15, -0.1) is 0 Å². The lowest BCUT2D eigenvalue weighted by molar-refractivity contribution is 0.366. The first-order valence-electron chi connectivity index (χ1n) is 3.46. The Morgan fingerprint density at radius 1 is 1.56 bits per heavy atom. The van der Waals surface area contributed by atoms with E-state index in [9.17, 15) is 0 Å². The molecular formula is C7H12N2. The zero-order chi connectivity index (χ0) is 6.69. The van der Waals surface area contributed by atoms with Gasteiger partial charge in [-0.25, -0.2) is 0 Å². The molecule has 2 unspecified atom stereocenters. The molecule has 1 fully saturated rings. The summed E-state index contributed by atoms with van der Waals surface area (Å²) in [6, 6.07) is 2.34. The molecule has 50 valence electrons. The van der Waals surface area contributed by atoms with Crippen LogP contribution in [0.1, 0.15) is 19.8 Å². The van der Waals surface area contributed by atoms with Gasteiger partial charge in [0.2, 0.25) is 0 Å². The number of hydrogen-bond donors (Lipinski definition) is 1. The molecule has 0 aromatic heterocycles. The first-order valence-corrected chi connectivity index (χ1v) is 3.46. The van der Waals surface area contributed by atoms with E-state index in [1.165, 1.54) is 6.42 Å². The number of hydrogen-bond acceptors (Lipinski definition) is 2. The highest BCUT2D eigenvalue weighted by Gasteiger charge is 2.15. The molecule has 0 amide bonds. The second kappa shape index (κ2) is 2.84. The van der Waals surface area contributed by atoms with Crippen LogP contribution in [0.15, 0.2) is 0 Å². The Labute approximate surface area is 55.9 Å². The molecule has 0 aromatic carbocycles. The molecule has 0 aliphatic carbocycles. The Balaban J connectivity index is 2.28. The second-order valence-corrected chi connectivity index (χ2v) is 2.77. The summed E-state index contributed by atoms with van der Waals surface area (Å²) >= 11 is 0. The van der Waals surface area contributed by atoms with Crippen LogP contribution in [0.25, 0.3) is 0 Å². The minimum Gasteiger partial charge on any atom is -0.302 e. The van der Waals surface area contributed by atoms with E-state index >= 15 is 0 Å². The van der Waals surface area contributed by atoms with E-state index < -0.39 is 0 Å². The fourth-order valence-electron chi connectivity index (χ4n) is 1.11. The van der Waals surface area contributed by atoms with Crippen molar-refractivity contribution in [2.75, 3.05) is 6.54 Å². The molecule has 1 rings (SSSR count). The van der Waals surface area contributed by atoms with Gasteiger partial charge in [-0.05, 0) is 25.3 Å². The van der Waals surface area contributed by atoms with Gasteiger partial charge in [-0.1, -0.05) is 6.92 Å². The van der Waals surface area contributed by atoms with Gasteiger partial charge in [0.25, 0.3) is 0 Å². The SMILES string of the molecule is CC1CCC(C#N)NC1. The van der Waals surface area contributed by atoms with Crippen LogP contribution in [0.2, 0.25) is 0 Å². The zero-order valence-electron chi connectivity index (χ0n) is 5.72. The molecule has 2 atom stereocenters. The topological polar surface area (TPSA) is 35.8 Å². The fraction of sp³-hybridized carbons (Fsp3) is 0.857. The monoisotopic (exact) mass is 124 g/mol. The van der Waals surface area contributed by atoms with Crippen LogP contribution in [0.5, 0.6) is 0 Å². The minimum absolute atomic E-state index is 0.126. The summed E-state index contributed by atoms with van der Waals surface area (Å²) in [5, 5.41) is 11.6. The molecule has 1 aliphatic heterocycles. The molecule has 0 radical (unpaired) electrons. The van der Waals surface area contributed by atoms with Crippen LogP contribution in [-0.4, -0.2) is 12.6 Å². The highest BCUT2D eigenvalue weighted by Crippen LogP contribution is 2.11. The lowest BCUT2D eigenvalue weighted by Crippen LogP contribution is -2.36. The van der Waals surface area contributed by atoms with E-state index in [-0.39, 0.29) is 6.04 Å². The maximum absolute atomic E-state index is 8.46. The molecule has 1 aliphatic rings. The number of piperidine rings is 1. The molecule has 0 aromatic rings. The van der Waals surface area contributed by atoms with Crippen molar-refractivity contribution in [1.82, 2.24) is 5.32 Å². The number of nitrogens with one attached hydrogen (secondary N) is 1.